The van der Waals surface area contributed by atoms with Crippen LogP contribution < -0.4 is 5.32 Å². The third-order valence-electron chi connectivity index (χ3n) is 7.06. The van der Waals surface area contributed by atoms with Crippen molar-refractivity contribution in [2.45, 2.75) is 52.4 Å². The maximum Gasteiger partial charge on any atom is 0.228 e. The highest BCUT2D eigenvalue weighted by atomic mass is 16.2. The molecular formula is C27H35N3O2. The third-order valence-corrected chi connectivity index (χ3v) is 7.06. The van der Waals surface area contributed by atoms with Crippen molar-refractivity contribution in [3.05, 3.63) is 54.4 Å². The van der Waals surface area contributed by atoms with E-state index in [4.69, 9.17) is 0 Å². The molecule has 2 amide bonds. The maximum atomic E-state index is 13.6. The van der Waals surface area contributed by atoms with Crippen molar-refractivity contribution in [2.75, 3.05) is 19.6 Å². The first kappa shape index (κ1) is 22.5. The van der Waals surface area contributed by atoms with Crippen molar-refractivity contribution < 1.29 is 9.59 Å². The molecule has 32 heavy (non-hydrogen) atoms. The lowest BCUT2D eigenvalue weighted by molar-refractivity contribution is -0.136. The maximum absolute atomic E-state index is 13.6. The SMILES string of the molecule is CC(C)CNC(=O)[C@]1(Cc2ccccc2-c2ccncc2)CCN(C(=O)C2CCCC2)C1. The van der Waals surface area contributed by atoms with Crippen molar-refractivity contribution in [3.8, 4) is 11.1 Å². The van der Waals surface area contributed by atoms with E-state index in [0.29, 0.717) is 38.4 Å². The standard InChI is InChI=1S/C27H35N3O2/c1-20(2)18-29-26(32)27(13-16-30(19-27)25(31)22-7-3-4-8-22)17-23-9-5-6-10-24(23)21-11-14-28-15-12-21/h5-6,9-12,14-15,20,22H,3-4,7-8,13,16-19H2,1-2H3,(H,29,32)/t27-/m0/s1. The summed E-state index contributed by atoms with van der Waals surface area (Å²) in [5.74, 6) is 0.868. The van der Waals surface area contributed by atoms with Crippen molar-refractivity contribution in [1.82, 2.24) is 15.2 Å². The van der Waals surface area contributed by atoms with Gasteiger partial charge < -0.3 is 10.2 Å². The van der Waals surface area contributed by atoms with Crippen molar-refractivity contribution in [3.63, 3.8) is 0 Å². The number of benzene rings is 1. The Balaban J connectivity index is 1.61. The summed E-state index contributed by atoms with van der Waals surface area (Å²) in [7, 11) is 0. The van der Waals surface area contributed by atoms with Gasteiger partial charge in [0.15, 0.2) is 0 Å². The molecular weight excluding hydrogens is 398 g/mol. The van der Waals surface area contributed by atoms with E-state index < -0.39 is 5.41 Å². The number of nitrogens with one attached hydrogen (secondary N) is 1. The van der Waals surface area contributed by atoms with Gasteiger partial charge in [-0.2, -0.15) is 0 Å². The van der Waals surface area contributed by atoms with E-state index >= 15 is 0 Å². The van der Waals surface area contributed by atoms with E-state index in [-0.39, 0.29) is 17.7 Å². The van der Waals surface area contributed by atoms with Crippen LogP contribution in [0.15, 0.2) is 48.8 Å². The van der Waals surface area contributed by atoms with Gasteiger partial charge in [0.05, 0.1) is 5.41 Å². The molecule has 4 rings (SSSR count). The van der Waals surface area contributed by atoms with Crippen LogP contribution in [0, 0.1) is 17.3 Å². The summed E-state index contributed by atoms with van der Waals surface area (Å²) in [6.07, 6.45) is 9.21. The minimum absolute atomic E-state index is 0.0810. The zero-order valence-corrected chi connectivity index (χ0v) is 19.3. The van der Waals surface area contributed by atoms with Crippen molar-refractivity contribution in [1.29, 1.82) is 0 Å². The highest BCUT2D eigenvalue weighted by molar-refractivity contribution is 5.86. The molecule has 1 N–H and O–H groups in total. The van der Waals surface area contributed by atoms with Crippen LogP contribution in [0.5, 0.6) is 0 Å². The fourth-order valence-corrected chi connectivity index (χ4v) is 5.24. The summed E-state index contributed by atoms with van der Waals surface area (Å²) < 4.78 is 0. The second-order valence-electron chi connectivity index (χ2n) is 9.95. The molecule has 1 saturated carbocycles. The van der Waals surface area contributed by atoms with Gasteiger partial charge in [-0.15, -0.1) is 0 Å². The number of hydrogen-bond donors (Lipinski definition) is 1. The first-order chi connectivity index (χ1) is 15.5. The Labute approximate surface area is 191 Å². The highest BCUT2D eigenvalue weighted by Crippen LogP contribution is 2.39. The van der Waals surface area contributed by atoms with Gasteiger partial charge in [0.25, 0.3) is 0 Å². The third kappa shape index (κ3) is 4.87. The molecule has 2 fully saturated rings. The Morgan fingerprint density at radius 1 is 1.12 bits per heavy atom. The van der Waals surface area contributed by atoms with Gasteiger partial charge in [0, 0.05) is 37.9 Å². The van der Waals surface area contributed by atoms with Crippen LogP contribution in [-0.4, -0.2) is 41.3 Å². The number of likely N-dealkylation sites (tertiary alicyclic amines) is 1. The Bertz CT molecular complexity index is 937. The molecule has 1 aliphatic heterocycles. The van der Waals surface area contributed by atoms with Gasteiger partial charge in [0.2, 0.25) is 11.8 Å². The molecule has 0 unspecified atom stereocenters. The number of aromatic nitrogens is 1. The summed E-state index contributed by atoms with van der Waals surface area (Å²) >= 11 is 0. The van der Waals surface area contributed by atoms with Gasteiger partial charge in [-0.05, 0) is 60.4 Å². The van der Waals surface area contributed by atoms with Gasteiger partial charge in [-0.3, -0.25) is 14.6 Å². The Morgan fingerprint density at radius 2 is 1.84 bits per heavy atom. The van der Waals surface area contributed by atoms with Gasteiger partial charge >= 0.3 is 0 Å². The minimum atomic E-state index is -0.591. The van der Waals surface area contributed by atoms with Crippen LogP contribution in [0.4, 0.5) is 0 Å². The number of carbonyl (C=O) groups excluding carboxylic acids is 2. The molecule has 0 spiro atoms. The second kappa shape index (κ2) is 9.85. The van der Waals surface area contributed by atoms with Gasteiger partial charge in [0.1, 0.15) is 0 Å². The number of hydrogen-bond acceptors (Lipinski definition) is 3. The largest absolute Gasteiger partial charge is 0.355 e. The van der Waals surface area contributed by atoms with E-state index in [1.807, 2.05) is 29.2 Å². The Hall–Kier alpha value is -2.69. The molecule has 5 nitrogen and oxygen atoms in total. The smallest absolute Gasteiger partial charge is 0.228 e. The Kier molecular flexibility index (Phi) is 6.92. The zero-order valence-electron chi connectivity index (χ0n) is 19.3. The summed E-state index contributed by atoms with van der Waals surface area (Å²) in [4.78, 5) is 32.8. The summed E-state index contributed by atoms with van der Waals surface area (Å²) in [5, 5.41) is 3.19. The topological polar surface area (TPSA) is 62.3 Å². The number of pyridine rings is 1. The molecule has 1 aromatic carbocycles. The fraction of sp³-hybridized carbons (Fsp3) is 0.519. The normalized spacial score (nSPS) is 21.3. The quantitative estimate of drug-likeness (QED) is 0.701. The van der Waals surface area contributed by atoms with Crippen LogP contribution >= 0.6 is 0 Å². The lowest BCUT2D eigenvalue weighted by atomic mass is 9.78. The molecule has 0 radical (unpaired) electrons. The van der Waals surface area contributed by atoms with Gasteiger partial charge in [-0.1, -0.05) is 51.0 Å². The van der Waals surface area contributed by atoms with Crippen molar-refractivity contribution >= 4 is 11.8 Å². The van der Waals surface area contributed by atoms with Crippen molar-refractivity contribution in [2.24, 2.45) is 17.3 Å². The first-order valence-electron chi connectivity index (χ1n) is 12.0. The molecule has 2 aromatic rings. The highest BCUT2D eigenvalue weighted by Gasteiger charge is 2.47. The molecule has 5 heteroatoms. The average Bonchev–Trinajstić information content (AvgIpc) is 3.49. The first-order valence-corrected chi connectivity index (χ1v) is 12.0. The average molecular weight is 434 g/mol. The number of carbonyl (C=O) groups is 2. The number of rotatable bonds is 7. The predicted molar refractivity (Wildman–Crippen MR) is 127 cm³/mol. The molecule has 2 aliphatic rings. The van der Waals surface area contributed by atoms with E-state index in [1.165, 1.54) is 0 Å². The van der Waals surface area contributed by atoms with Crippen LogP contribution in [0.2, 0.25) is 0 Å². The fourth-order valence-electron chi connectivity index (χ4n) is 5.24. The lowest BCUT2D eigenvalue weighted by Crippen LogP contribution is -2.46. The predicted octanol–water partition coefficient (Wildman–Crippen LogP) is 4.47. The Morgan fingerprint density at radius 3 is 2.56 bits per heavy atom. The van der Waals surface area contributed by atoms with E-state index in [2.05, 4.69) is 36.3 Å². The summed E-state index contributed by atoms with van der Waals surface area (Å²) in [6, 6.07) is 12.3. The molecule has 1 atom stereocenters. The van der Waals surface area contributed by atoms with Crippen LogP contribution in [-0.2, 0) is 16.0 Å². The molecule has 0 bridgehead atoms. The van der Waals surface area contributed by atoms with E-state index in [1.54, 1.807) is 12.4 Å². The summed E-state index contributed by atoms with van der Waals surface area (Å²) in [5.41, 5.74) is 2.79. The molecule has 170 valence electrons. The van der Waals surface area contributed by atoms with E-state index in [0.717, 1.165) is 42.4 Å². The summed E-state index contributed by atoms with van der Waals surface area (Å²) in [6.45, 7) is 6.05. The van der Waals surface area contributed by atoms with E-state index in [9.17, 15) is 9.59 Å². The molecule has 1 saturated heterocycles. The second-order valence-corrected chi connectivity index (χ2v) is 9.95. The van der Waals surface area contributed by atoms with Crippen LogP contribution in [0.3, 0.4) is 0 Å². The minimum Gasteiger partial charge on any atom is -0.355 e. The lowest BCUT2D eigenvalue weighted by Gasteiger charge is -2.30. The zero-order chi connectivity index (χ0) is 22.6. The molecule has 2 heterocycles. The molecule has 1 aliphatic carbocycles. The van der Waals surface area contributed by atoms with Crippen LogP contribution in [0.25, 0.3) is 11.1 Å². The number of nitrogens with zero attached hydrogens (tertiary/aromatic N) is 2. The van der Waals surface area contributed by atoms with Gasteiger partial charge in [-0.25, -0.2) is 0 Å². The number of amides is 2. The monoisotopic (exact) mass is 433 g/mol. The molecule has 1 aromatic heterocycles. The van der Waals surface area contributed by atoms with Crippen LogP contribution in [0.1, 0.15) is 51.5 Å².